The zero-order valence-electron chi connectivity index (χ0n) is 13.1. The molecule has 0 rings (SSSR count). The molecule has 0 saturated carbocycles. The Morgan fingerprint density at radius 1 is 1.00 bits per heavy atom. The van der Waals surface area contributed by atoms with E-state index in [0.29, 0.717) is 17.5 Å². The molecule has 1 N–H and O–H groups in total. The lowest BCUT2D eigenvalue weighted by atomic mass is 9.81. The fourth-order valence-electron chi connectivity index (χ4n) is 2.29. The van der Waals surface area contributed by atoms with Crippen molar-refractivity contribution < 1.29 is 0 Å². The fraction of sp³-hybridized carbons (Fsp3) is 1.00. The summed E-state index contributed by atoms with van der Waals surface area (Å²) in [5.74, 6) is 0. The van der Waals surface area contributed by atoms with E-state index in [9.17, 15) is 0 Å². The predicted molar refractivity (Wildman–Crippen MR) is 78.5 cm³/mol. The van der Waals surface area contributed by atoms with Crippen molar-refractivity contribution >= 4 is 0 Å². The van der Waals surface area contributed by atoms with Crippen LogP contribution >= 0.6 is 0 Å². The Hall–Kier alpha value is -0.0800. The topological polar surface area (TPSA) is 15.3 Å². The largest absolute Gasteiger partial charge is 0.314 e. The molecule has 0 heterocycles. The monoisotopic (exact) mass is 242 g/mol. The van der Waals surface area contributed by atoms with Gasteiger partial charge in [0.25, 0.3) is 0 Å². The average molecular weight is 242 g/mol. The Bertz CT molecular complexity index is 183. The minimum atomic E-state index is 0.435. The zero-order chi connectivity index (χ0) is 13.5. The van der Waals surface area contributed by atoms with Gasteiger partial charge in [-0.05, 0) is 38.6 Å². The Morgan fingerprint density at radius 3 is 1.82 bits per heavy atom. The van der Waals surface area contributed by atoms with Gasteiger partial charge in [0, 0.05) is 25.2 Å². The van der Waals surface area contributed by atoms with Gasteiger partial charge in [-0.25, -0.2) is 0 Å². The molecule has 0 atom stereocenters. The quantitative estimate of drug-likeness (QED) is 0.665. The van der Waals surface area contributed by atoms with Gasteiger partial charge >= 0.3 is 0 Å². The molecule has 2 nitrogen and oxygen atoms in total. The van der Waals surface area contributed by atoms with Crippen LogP contribution in [-0.2, 0) is 0 Å². The van der Waals surface area contributed by atoms with Crippen molar-refractivity contribution in [3.05, 3.63) is 0 Å². The second-order valence-corrected chi connectivity index (χ2v) is 5.90. The van der Waals surface area contributed by atoms with E-state index in [0.717, 1.165) is 13.1 Å². The van der Waals surface area contributed by atoms with Crippen LogP contribution in [0.2, 0.25) is 0 Å². The van der Waals surface area contributed by atoms with Crippen LogP contribution in [0, 0.1) is 5.41 Å². The summed E-state index contributed by atoms with van der Waals surface area (Å²) in [7, 11) is 0. The molecule has 0 aromatic carbocycles. The van der Waals surface area contributed by atoms with Crippen molar-refractivity contribution in [3.63, 3.8) is 0 Å². The molecular formula is C15H34N2. The van der Waals surface area contributed by atoms with Gasteiger partial charge in [-0.2, -0.15) is 0 Å². The van der Waals surface area contributed by atoms with E-state index in [1.54, 1.807) is 0 Å². The number of rotatable bonds is 9. The lowest BCUT2D eigenvalue weighted by Crippen LogP contribution is -2.47. The van der Waals surface area contributed by atoms with Gasteiger partial charge < -0.3 is 10.2 Å². The van der Waals surface area contributed by atoms with Crippen LogP contribution in [0.15, 0.2) is 0 Å². The average Bonchev–Trinajstić information content (AvgIpc) is 2.30. The summed E-state index contributed by atoms with van der Waals surface area (Å²) >= 11 is 0. The molecule has 0 bridgehead atoms. The number of nitrogens with one attached hydrogen (secondary N) is 1. The smallest absolute Gasteiger partial charge is 0.00525 e. The third kappa shape index (κ3) is 5.87. The molecule has 0 aliphatic heterocycles. The minimum Gasteiger partial charge on any atom is -0.314 e. The molecule has 0 saturated heterocycles. The Balaban J connectivity index is 4.57. The van der Waals surface area contributed by atoms with Gasteiger partial charge in [-0.3, -0.25) is 0 Å². The number of hydrogen-bond acceptors (Lipinski definition) is 2. The van der Waals surface area contributed by atoms with Gasteiger partial charge in [0.2, 0.25) is 0 Å². The normalized spacial score (nSPS) is 13.1. The minimum absolute atomic E-state index is 0.435. The van der Waals surface area contributed by atoms with Crippen molar-refractivity contribution in [2.45, 2.75) is 73.4 Å². The van der Waals surface area contributed by atoms with E-state index in [4.69, 9.17) is 0 Å². The first kappa shape index (κ1) is 16.9. The molecule has 0 amide bonds. The van der Waals surface area contributed by atoms with Gasteiger partial charge in [0.1, 0.15) is 0 Å². The third-order valence-electron chi connectivity index (χ3n) is 4.06. The van der Waals surface area contributed by atoms with E-state index in [2.05, 4.69) is 58.7 Å². The first-order valence-corrected chi connectivity index (χ1v) is 7.38. The van der Waals surface area contributed by atoms with Crippen molar-refractivity contribution in [1.82, 2.24) is 10.2 Å². The summed E-state index contributed by atoms with van der Waals surface area (Å²) in [6, 6.07) is 1.23. The maximum Gasteiger partial charge on any atom is 0.00525 e. The van der Waals surface area contributed by atoms with E-state index in [1.165, 1.54) is 19.4 Å². The molecule has 0 radical (unpaired) electrons. The van der Waals surface area contributed by atoms with Crippen LogP contribution in [0.3, 0.4) is 0 Å². The van der Waals surface area contributed by atoms with E-state index >= 15 is 0 Å². The standard InChI is InChI=1S/C15H34N2/c1-8-15(9-2,11-16-13(4)5)12-17(10-3)14(6)7/h13-14,16H,8-12H2,1-7H3. The molecule has 0 unspecified atom stereocenters. The summed E-state index contributed by atoms with van der Waals surface area (Å²) in [4.78, 5) is 2.59. The highest BCUT2D eigenvalue weighted by Gasteiger charge is 2.29. The number of hydrogen-bond donors (Lipinski definition) is 1. The Kier molecular flexibility index (Phi) is 8.06. The van der Waals surface area contributed by atoms with Crippen LogP contribution in [0.4, 0.5) is 0 Å². The van der Waals surface area contributed by atoms with E-state index in [1.807, 2.05) is 0 Å². The summed E-state index contributed by atoms with van der Waals surface area (Å²) in [6.07, 6.45) is 2.51. The van der Waals surface area contributed by atoms with E-state index < -0.39 is 0 Å². The molecule has 0 aromatic heterocycles. The predicted octanol–water partition coefficient (Wildman–Crippen LogP) is 3.52. The first-order valence-electron chi connectivity index (χ1n) is 7.38. The zero-order valence-corrected chi connectivity index (χ0v) is 13.1. The lowest BCUT2D eigenvalue weighted by molar-refractivity contribution is 0.113. The van der Waals surface area contributed by atoms with Crippen LogP contribution < -0.4 is 5.32 Å². The summed E-state index contributed by atoms with van der Waals surface area (Å²) in [5.41, 5.74) is 0.435. The maximum absolute atomic E-state index is 3.63. The molecule has 17 heavy (non-hydrogen) atoms. The van der Waals surface area contributed by atoms with Gasteiger partial charge in [0.05, 0.1) is 0 Å². The maximum atomic E-state index is 3.63. The van der Waals surface area contributed by atoms with Crippen LogP contribution in [0.1, 0.15) is 61.3 Å². The molecule has 0 aliphatic rings. The molecule has 0 spiro atoms. The van der Waals surface area contributed by atoms with Gasteiger partial charge in [0.15, 0.2) is 0 Å². The SMILES string of the molecule is CCN(CC(CC)(CC)CNC(C)C)C(C)C. The molecule has 0 aliphatic carbocycles. The molecule has 2 heteroatoms. The highest BCUT2D eigenvalue weighted by atomic mass is 15.2. The van der Waals surface area contributed by atoms with Crippen molar-refractivity contribution in [1.29, 1.82) is 0 Å². The highest BCUT2D eigenvalue weighted by molar-refractivity contribution is 4.84. The first-order chi connectivity index (χ1) is 7.90. The molecule has 0 aromatic rings. The van der Waals surface area contributed by atoms with Crippen molar-refractivity contribution in [3.8, 4) is 0 Å². The molecular weight excluding hydrogens is 208 g/mol. The molecule has 0 fully saturated rings. The number of nitrogens with zero attached hydrogens (tertiary/aromatic N) is 1. The fourth-order valence-corrected chi connectivity index (χ4v) is 2.29. The third-order valence-corrected chi connectivity index (χ3v) is 4.06. The van der Waals surface area contributed by atoms with Gasteiger partial charge in [-0.1, -0.05) is 34.6 Å². The second kappa shape index (κ2) is 8.10. The van der Waals surface area contributed by atoms with E-state index in [-0.39, 0.29) is 0 Å². The highest BCUT2D eigenvalue weighted by Crippen LogP contribution is 2.27. The van der Waals surface area contributed by atoms with Crippen LogP contribution in [-0.4, -0.2) is 36.6 Å². The van der Waals surface area contributed by atoms with Gasteiger partial charge in [-0.15, -0.1) is 0 Å². The second-order valence-electron chi connectivity index (χ2n) is 5.90. The van der Waals surface area contributed by atoms with Crippen molar-refractivity contribution in [2.24, 2.45) is 5.41 Å². The lowest BCUT2D eigenvalue weighted by Gasteiger charge is -2.39. The van der Waals surface area contributed by atoms with Crippen molar-refractivity contribution in [2.75, 3.05) is 19.6 Å². The van der Waals surface area contributed by atoms with Crippen LogP contribution in [0.25, 0.3) is 0 Å². The summed E-state index contributed by atoms with van der Waals surface area (Å²) in [6.45, 7) is 19.5. The Labute approximate surface area is 109 Å². The molecule has 104 valence electrons. The summed E-state index contributed by atoms with van der Waals surface area (Å²) < 4.78 is 0. The van der Waals surface area contributed by atoms with Crippen LogP contribution in [0.5, 0.6) is 0 Å². The Morgan fingerprint density at radius 2 is 1.53 bits per heavy atom. The summed E-state index contributed by atoms with van der Waals surface area (Å²) in [5, 5.41) is 3.63.